The molecule has 0 spiro atoms. The number of benzene rings is 2. The summed E-state index contributed by atoms with van der Waals surface area (Å²) in [5.41, 5.74) is 6.44. The van der Waals surface area contributed by atoms with Gasteiger partial charge in [-0.15, -0.1) is 0 Å². The van der Waals surface area contributed by atoms with E-state index < -0.39 is 0 Å². The van der Waals surface area contributed by atoms with Gasteiger partial charge in [0.25, 0.3) is 5.91 Å². The Hall–Kier alpha value is -2.14. The first kappa shape index (κ1) is 17.2. The minimum Gasteiger partial charge on any atom is -0.273 e. The number of hydrogen-bond acceptors (Lipinski definition) is 2. The maximum atomic E-state index is 12.4. The van der Waals surface area contributed by atoms with E-state index in [9.17, 15) is 9.59 Å². The molecule has 23 heavy (non-hydrogen) atoms. The van der Waals surface area contributed by atoms with Crippen LogP contribution in [0.15, 0.2) is 59.1 Å². The van der Waals surface area contributed by atoms with Gasteiger partial charge in [0.15, 0.2) is 0 Å². The lowest BCUT2D eigenvalue weighted by Gasteiger charge is -2.17. The van der Waals surface area contributed by atoms with Crippen molar-refractivity contribution in [2.24, 2.45) is 0 Å². The third kappa shape index (κ3) is 4.93. The molecule has 2 rings (SSSR count). The van der Waals surface area contributed by atoms with Gasteiger partial charge in [-0.1, -0.05) is 59.6 Å². The minimum atomic E-state index is -0.339. The minimum absolute atomic E-state index is 0.205. The number of amides is 2. The fourth-order valence-electron chi connectivity index (χ4n) is 2.30. The van der Waals surface area contributed by atoms with Crippen molar-refractivity contribution in [3.63, 3.8) is 0 Å². The van der Waals surface area contributed by atoms with E-state index >= 15 is 0 Å². The number of carbonyl (C=O) groups is 2. The smallest absolute Gasteiger partial charge is 0.269 e. The number of halogens is 1. The summed E-state index contributed by atoms with van der Waals surface area (Å²) in [6.45, 7) is 2.03. The van der Waals surface area contributed by atoms with Gasteiger partial charge >= 0.3 is 0 Å². The Kier molecular flexibility index (Phi) is 6.35. The molecule has 0 radical (unpaired) electrons. The summed E-state index contributed by atoms with van der Waals surface area (Å²) in [5, 5.41) is 0. The van der Waals surface area contributed by atoms with Crippen molar-refractivity contribution in [3.05, 3.63) is 70.2 Å². The van der Waals surface area contributed by atoms with Crippen molar-refractivity contribution in [2.45, 2.75) is 25.7 Å². The summed E-state index contributed by atoms with van der Waals surface area (Å²) in [7, 11) is 0. The zero-order valence-electron chi connectivity index (χ0n) is 12.9. The predicted octanol–water partition coefficient (Wildman–Crippen LogP) is 3.79. The van der Waals surface area contributed by atoms with Crippen LogP contribution in [0.25, 0.3) is 0 Å². The highest BCUT2D eigenvalue weighted by Crippen LogP contribution is 2.21. The molecule has 0 bridgehead atoms. The highest BCUT2D eigenvalue weighted by atomic mass is 79.9. The molecule has 0 aliphatic carbocycles. The van der Waals surface area contributed by atoms with E-state index in [1.807, 2.05) is 37.3 Å². The van der Waals surface area contributed by atoms with Crippen LogP contribution in [0.2, 0.25) is 0 Å². The van der Waals surface area contributed by atoms with Crippen LogP contribution in [-0.2, 0) is 4.79 Å². The molecule has 0 saturated heterocycles. The fourth-order valence-corrected chi connectivity index (χ4v) is 2.57. The topological polar surface area (TPSA) is 58.2 Å². The zero-order valence-corrected chi connectivity index (χ0v) is 14.5. The van der Waals surface area contributed by atoms with Gasteiger partial charge < -0.3 is 0 Å². The summed E-state index contributed by atoms with van der Waals surface area (Å²) < 4.78 is 0.894. The van der Waals surface area contributed by atoms with Gasteiger partial charge in [0.2, 0.25) is 5.91 Å². The summed E-state index contributed by atoms with van der Waals surface area (Å²) in [6, 6.07) is 16.5. The van der Waals surface area contributed by atoms with Gasteiger partial charge in [-0.3, -0.25) is 20.4 Å². The Morgan fingerprint density at radius 2 is 1.65 bits per heavy atom. The molecule has 0 aliphatic rings. The molecule has 0 aromatic heterocycles. The molecular weight excluding hydrogens is 356 g/mol. The first-order chi connectivity index (χ1) is 11.1. The van der Waals surface area contributed by atoms with Crippen LogP contribution in [0.3, 0.4) is 0 Å². The zero-order chi connectivity index (χ0) is 16.7. The van der Waals surface area contributed by atoms with Crippen molar-refractivity contribution in [3.8, 4) is 0 Å². The average Bonchev–Trinajstić information content (AvgIpc) is 2.58. The third-order valence-electron chi connectivity index (χ3n) is 3.50. The summed E-state index contributed by atoms with van der Waals surface area (Å²) in [5.74, 6) is -0.816. The molecule has 2 N–H and O–H groups in total. The van der Waals surface area contributed by atoms with E-state index in [4.69, 9.17) is 0 Å². The van der Waals surface area contributed by atoms with Gasteiger partial charge in [-0.25, -0.2) is 0 Å². The maximum Gasteiger partial charge on any atom is 0.269 e. The molecule has 0 saturated carbocycles. The maximum absolute atomic E-state index is 12.4. The number of hydrazine groups is 1. The van der Waals surface area contributed by atoms with Crippen molar-refractivity contribution in [1.82, 2.24) is 10.9 Å². The lowest BCUT2D eigenvalue weighted by molar-refractivity contribution is -0.123. The number of rotatable bonds is 5. The third-order valence-corrected chi connectivity index (χ3v) is 4.03. The van der Waals surface area contributed by atoms with E-state index in [0.717, 1.165) is 22.9 Å². The van der Waals surface area contributed by atoms with Gasteiger partial charge in [0.1, 0.15) is 0 Å². The second-order valence-corrected chi connectivity index (χ2v) is 6.12. The monoisotopic (exact) mass is 374 g/mol. The number of hydrogen-bond donors (Lipinski definition) is 2. The second-order valence-electron chi connectivity index (χ2n) is 5.20. The highest BCUT2D eigenvalue weighted by Gasteiger charge is 2.20. The summed E-state index contributed by atoms with van der Waals surface area (Å²) >= 11 is 3.32. The van der Waals surface area contributed by atoms with Crippen LogP contribution < -0.4 is 10.9 Å². The molecule has 0 heterocycles. The Balaban J connectivity index is 1.99. The molecule has 5 heteroatoms. The fraction of sp³-hybridized carbons (Fsp3) is 0.222. The predicted molar refractivity (Wildman–Crippen MR) is 93.8 cm³/mol. The lowest BCUT2D eigenvalue weighted by Crippen LogP contribution is -2.44. The van der Waals surface area contributed by atoms with Crippen LogP contribution in [0.4, 0.5) is 0 Å². The van der Waals surface area contributed by atoms with Crippen LogP contribution in [0.5, 0.6) is 0 Å². The van der Waals surface area contributed by atoms with E-state index in [0.29, 0.717) is 5.56 Å². The van der Waals surface area contributed by atoms with E-state index in [1.54, 1.807) is 24.3 Å². The Morgan fingerprint density at radius 1 is 1.00 bits per heavy atom. The molecule has 2 aromatic carbocycles. The number of nitrogens with one attached hydrogen (secondary N) is 2. The van der Waals surface area contributed by atoms with Crippen LogP contribution in [-0.4, -0.2) is 11.8 Å². The van der Waals surface area contributed by atoms with Crippen LogP contribution >= 0.6 is 15.9 Å². The molecule has 4 nitrogen and oxygen atoms in total. The largest absolute Gasteiger partial charge is 0.273 e. The summed E-state index contributed by atoms with van der Waals surface area (Å²) in [6.07, 6.45) is 1.61. The molecule has 120 valence electrons. The van der Waals surface area contributed by atoms with Crippen molar-refractivity contribution in [2.75, 3.05) is 0 Å². The molecule has 2 amide bonds. The molecule has 2 aromatic rings. The first-order valence-corrected chi connectivity index (χ1v) is 8.31. The van der Waals surface area contributed by atoms with Crippen molar-refractivity contribution in [1.29, 1.82) is 0 Å². The molecular formula is C18H19BrN2O2. The van der Waals surface area contributed by atoms with Gasteiger partial charge in [-0.05, 0) is 36.2 Å². The van der Waals surface area contributed by atoms with Crippen LogP contribution in [0.1, 0.15) is 41.6 Å². The Labute approximate surface area is 144 Å². The Morgan fingerprint density at radius 3 is 2.26 bits per heavy atom. The number of carbonyl (C=O) groups excluding carboxylic acids is 2. The van der Waals surface area contributed by atoms with Crippen LogP contribution in [0, 0.1) is 0 Å². The van der Waals surface area contributed by atoms with Gasteiger partial charge in [0, 0.05) is 10.0 Å². The quantitative estimate of drug-likeness (QED) is 0.782. The lowest BCUT2D eigenvalue weighted by atomic mass is 9.94. The van der Waals surface area contributed by atoms with E-state index in [1.165, 1.54) is 0 Å². The SMILES string of the molecule is CCC[C@@H](C(=O)NNC(=O)c1ccc(Br)cc1)c1ccccc1. The molecule has 0 unspecified atom stereocenters. The molecule has 0 fully saturated rings. The van der Waals surface area contributed by atoms with Gasteiger partial charge in [0.05, 0.1) is 5.92 Å². The average molecular weight is 375 g/mol. The standard InChI is InChI=1S/C18H19BrN2O2/c1-2-6-16(13-7-4-3-5-8-13)18(23)21-20-17(22)14-9-11-15(19)12-10-14/h3-5,7-12,16H,2,6H2,1H3,(H,20,22)(H,21,23)/t16-/m1/s1. The normalized spacial score (nSPS) is 11.6. The second kappa shape index (κ2) is 8.48. The molecule has 1 atom stereocenters. The highest BCUT2D eigenvalue weighted by molar-refractivity contribution is 9.10. The van der Waals surface area contributed by atoms with E-state index in [2.05, 4.69) is 26.8 Å². The van der Waals surface area contributed by atoms with Crippen molar-refractivity contribution < 1.29 is 9.59 Å². The van der Waals surface area contributed by atoms with E-state index in [-0.39, 0.29) is 17.7 Å². The molecule has 0 aliphatic heterocycles. The summed E-state index contributed by atoms with van der Waals surface area (Å²) in [4.78, 5) is 24.4. The van der Waals surface area contributed by atoms with Gasteiger partial charge in [-0.2, -0.15) is 0 Å². The first-order valence-electron chi connectivity index (χ1n) is 7.52. The van der Waals surface area contributed by atoms with Crippen molar-refractivity contribution >= 4 is 27.7 Å². The Bertz CT molecular complexity index is 656.